The summed E-state index contributed by atoms with van der Waals surface area (Å²) in [5, 5.41) is 3.59. The van der Waals surface area contributed by atoms with Gasteiger partial charge in [-0.05, 0) is 19.1 Å². The average Bonchev–Trinajstić information content (AvgIpc) is 2.42. The van der Waals surface area contributed by atoms with Crippen molar-refractivity contribution in [1.82, 2.24) is 10.3 Å². The summed E-state index contributed by atoms with van der Waals surface area (Å²) in [6.07, 6.45) is 0. The largest absolute Gasteiger partial charge is 0.345 e. The zero-order valence-corrected chi connectivity index (χ0v) is 12.9. The van der Waals surface area contributed by atoms with Gasteiger partial charge < -0.3 is 5.32 Å². The second kappa shape index (κ2) is 5.64. The number of pyridine rings is 1. The van der Waals surface area contributed by atoms with Crippen LogP contribution in [0.15, 0.2) is 30.3 Å². The summed E-state index contributed by atoms with van der Waals surface area (Å²) >= 11 is 0. The van der Waals surface area contributed by atoms with E-state index in [0.717, 1.165) is 10.9 Å². The molecule has 2 rings (SSSR count). The number of hydrogen-bond donors (Lipinski definition) is 1. The van der Waals surface area contributed by atoms with E-state index < -0.39 is 5.41 Å². The van der Waals surface area contributed by atoms with E-state index in [-0.39, 0.29) is 18.2 Å². The second-order valence-corrected chi connectivity index (χ2v) is 6.17. The Bertz CT molecular complexity index is 699. The van der Waals surface area contributed by atoms with E-state index in [1.807, 2.05) is 51.1 Å². The van der Waals surface area contributed by atoms with E-state index in [1.54, 1.807) is 6.92 Å². The molecule has 2 aromatic rings. The molecule has 4 nitrogen and oxygen atoms in total. The molecule has 0 unspecified atom stereocenters. The lowest BCUT2D eigenvalue weighted by Crippen LogP contribution is -2.35. The maximum Gasteiger partial charge on any atom is 0.253 e. The van der Waals surface area contributed by atoms with Crippen LogP contribution in [0.4, 0.5) is 0 Å². The zero-order valence-electron chi connectivity index (χ0n) is 12.9. The molecule has 110 valence electrons. The fraction of sp³-hybridized carbons (Fsp3) is 0.353. The molecule has 1 aromatic carbocycles. The quantitative estimate of drug-likeness (QED) is 0.942. The number of nitrogens with zero attached hydrogens (tertiary/aromatic N) is 1. The molecule has 21 heavy (non-hydrogen) atoms. The minimum atomic E-state index is -0.454. The number of para-hydroxylation sites is 1. The second-order valence-electron chi connectivity index (χ2n) is 6.17. The van der Waals surface area contributed by atoms with Gasteiger partial charge in [-0.1, -0.05) is 39.0 Å². The standard InChI is InChI=1S/C17H20N2O2/c1-11-13(9-12-7-5-6-8-14(12)19-11)16(21)18-10-15(20)17(2,3)4/h5-9H,10H2,1-4H3,(H,18,21). The lowest BCUT2D eigenvalue weighted by Gasteiger charge is -2.17. The molecule has 4 heteroatoms. The van der Waals surface area contributed by atoms with Gasteiger partial charge in [0.15, 0.2) is 5.78 Å². The molecule has 0 aliphatic rings. The first-order chi connectivity index (χ1) is 9.79. The molecule has 1 heterocycles. The summed E-state index contributed by atoms with van der Waals surface area (Å²) in [6.45, 7) is 7.35. The first-order valence-corrected chi connectivity index (χ1v) is 6.97. The van der Waals surface area contributed by atoms with Crippen LogP contribution < -0.4 is 5.32 Å². The number of hydrogen-bond acceptors (Lipinski definition) is 3. The third-order valence-corrected chi connectivity index (χ3v) is 3.41. The van der Waals surface area contributed by atoms with Crippen molar-refractivity contribution in [3.63, 3.8) is 0 Å². The highest BCUT2D eigenvalue weighted by atomic mass is 16.2. The van der Waals surface area contributed by atoms with Gasteiger partial charge >= 0.3 is 0 Å². The maximum atomic E-state index is 12.2. The highest BCUT2D eigenvalue weighted by Gasteiger charge is 2.22. The van der Waals surface area contributed by atoms with Crippen molar-refractivity contribution in [2.75, 3.05) is 6.54 Å². The van der Waals surface area contributed by atoms with Crippen molar-refractivity contribution < 1.29 is 9.59 Å². The van der Waals surface area contributed by atoms with Gasteiger partial charge in [0.2, 0.25) is 0 Å². The number of carbonyl (C=O) groups is 2. The van der Waals surface area contributed by atoms with Gasteiger partial charge in [0.1, 0.15) is 0 Å². The third kappa shape index (κ3) is 3.45. The number of rotatable bonds is 3. The van der Waals surface area contributed by atoms with Crippen LogP contribution in [0.3, 0.4) is 0 Å². The van der Waals surface area contributed by atoms with Crippen LogP contribution in [0.2, 0.25) is 0 Å². The van der Waals surface area contributed by atoms with Crippen LogP contribution in [-0.4, -0.2) is 23.2 Å². The number of aryl methyl sites for hydroxylation is 1. The van der Waals surface area contributed by atoms with Crippen LogP contribution in [0.5, 0.6) is 0 Å². The molecule has 0 aliphatic heterocycles. The minimum Gasteiger partial charge on any atom is -0.345 e. The summed E-state index contributed by atoms with van der Waals surface area (Å²) in [5.74, 6) is -0.259. The summed E-state index contributed by atoms with van der Waals surface area (Å²) in [4.78, 5) is 28.5. The van der Waals surface area contributed by atoms with E-state index in [1.165, 1.54) is 0 Å². The maximum absolute atomic E-state index is 12.2. The van der Waals surface area contributed by atoms with Gasteiger partial charge in [-0.3, -0.25) is 14.6 Å². The molecule has 0 fully saturated rings. The number of aromatic nitrogens is 1. The molecule has 0 radical (unpaired) electrons. The highest BCUT2D eigenvalue weighted by Crippen LogP contribution is 2.17. The summed E-state index contributed by atoms with van der Waals surface area (Å²) in [7, 11) is 0. The van der Waals surface area contributed by atoms with Crippen molar-refractivity contribution >= 4 is 22.6 Å². The molecule has 0 saturated carbocycles. The van der Waals surface area contributed by atoms with E-state index >= 15 is 0 Å². The van der Waals surface area contributed by atoms with Crippen molar-refractivity contribution in [1.29, 1.82) is 0 Å². The Morgan fingerprint density at radius 3 is 2.52 bits per heavy atom. The number of amides is 1. The SMILES string of the molecule is Cc1nc2ccccc2cc1C(=O)NCC(=O)C(C)(C)C. The molecule has 1 N–H and O–H groups in total. The Morgan fingerprint density at radius 2 is 1.86 bits per heavy atom. The highest BCUT2D eigenvalue weighted by molar-refractivity contribution is 6.00. The first kappa shape index (κ1) is 15.2. The molecule has 1 aromatic heterocycles. The van der Waals surface area contributed by atoms with Gasteiger partial charge in [0, 0.05) is 10.8 Å². The van der Waals surface area contributed by atoms with Crippen molar-refractivity contribution in [3.05, 3.63) is 41.6 Å². The van der Waals surface area contributed by atoms with Gasteiger partial charge in [0.25, 0.3) is 5.91 Å². The smallest absolute Gasteiger partial charge is 0.253 e. The molecule has 0 spiro atoms. The Labute approximate surface area is 124 Å². The van der Waals surface area contributed by atoms with E-state index in [9.17, 15) is 9.59 Å². The van der Waals surface area contributed by atoms with E-state index in [2.05, 4.69) is 10.3 Å². The third-order valence-electron chi connectivity index (χ3n) is 3.41. The van der Waals surface area contributed by atoms with Gasteiger partial charge in [-0.2, -0.15) is 0 Å². The van der Waals surface area contributed by atoms with Crippen LogP contribution >= 0.6 is 0 Å². The molecule has 0 saturated heterocycles. The predicted molar refractivity (Wildman–Crippen MR) is 83.3 cm³/mol. The lowest BCUT2D eigenvalue weighted by atomic mass is 9.91. The van der Waals surface area contributed by atoms with Crippen LogP contribution in [0.25, 0.3) is 10.9 Å². The van der Waals surface area contributed by atoms with Crippen molar-refractivity contribution in [2.24, 2.45) is 5.41 Å². The number of Topliss-reactive ketones (excluding diaryl/α,β-unsaturated/α-hetero) is 1. The van der Waals surface area contributed by atoms with Gasteiger partial charge in [0.05, 0.1) is 23.3 Å². The van der Waals surface area contributed by atoms with Crippen LogP contribution in [0.1, 0.15) is 36.8 Å². The van der Waals surface area contributed by atoms with Crippen LogP contribution in [-0.2, 0) is 4.79 Å². The topological polar surface area (TPSA) is 59.1 Å². The Hall–Kier alpha value is -2.23. The fourth-order valence-electron chi connectivity index (χ4n) is 1.96. The Balaban J connectivity index is 2.20. The Morgan fingerprint density at radius 1 is 1.19 bits per heavy atom. The summed E-state index contributed by atoms with van der Waals surface area (Å²) < 4.78 is 0. The van der Waals surface area contributed by atoms with Crippen molar-refractivity contribution in [2.45, 2.75) is 27.7 Å². The van der Waals surface area contributed by atoms with Gasteiger partial charge in [-0.15, -0.1) is 0 Å². The van der Waals surface area contributed by atoms with Gasteiger partial charge in [-0.25, -0.2) is 0 Å². The molecular formula is C17H20N2O2. The number of ketones is 1. The number of fused-ring (bicyclic) bond motifs is 1. The lowest BCUT2D eigenvalue weighted by molar-refractivity contribution is -0.125. The molecule has 0 bridgehead atoms. The molecule has 0 aliphatic carbocycles. The summed E-state index contributed by atoms with van der Waals surface area (Å²) in [6, 6.07) is 9.46. The predicted octanol–water partition coefficient (Wildman–Crippen LogP) is 2.89. The molecule has 0 atom stereocenters. The van der Waals surface area contributed by atoms with Crippen LogP contribution in [0, 0.1) is 12.3 Å². The number of carbonyl (C=O) groups excluding carboxylic acids is 2. The molecular weight excluding hydrogens is 264 g/mol. The van der Waals surface area contributed by atoms with E-state index in [0.29, 0.717) is 11.3 Å². The Kier molecular flexibility index (Phi) is 4.07. The fourth-order valence-corrected chi connectivity index (χ4v) is 1.96. The normalized spacial score (nSPS) is 11.4. The van der Waals surface area contributed by atoms with Crippen molar-refractivity contribution in [3.8, 4) is 0 Å². The first-order valence-electron chi connectivity index (χ1n) is 6.97. The van der Waals surface area contributed by atoms with E-state index in [4.69, 9.17) is 0 Å². The summed E-state index contributed by atoms with van der Waals surface area (Å²) in [5.41, 5.74) is 1.58. The molecule has 1 amide bonds. The average molecular weight is 284 g/mol. The minimum absolute atomic E-state index is 0.00208. The number of benzene rings is 1. The zero-order chi connectivity index (χ0) is 15.6. The monoisotopic (exact) mass is 284 g/mol. The number of nitrogens with one attached hydrogen (secondary N) is 1.